The van der Waals surface area contributed by atoms with Gasteiger partial charge in [0.2, 0.25) is 0 Å². The third kappa shape index (κ3) is 5.68. The number of nitrogens with one attached hydrogen (secondary N) is 3. The summed E-state index contributed by atoms with van der Waals surface area (Å²) in [6, 6.07) is 19.1. The van der Waals surface area contributed by atoms with Gasteiger partial charge < -0.3 is 15.1 Å². The molecule has 0 aromatic heterocycles. The van der Waals surface area contributed by atoms with Crippen molar-refractivity contribution in [3.05, 3.63) is 71.3 Å². The van der Waals surface area contributed by atoms with Crippen LogP contribution in [0, 0.1) is 6.92 Å². The van der Waals surface area contributed by atoms with E-state index in [1.54, 1.807) is 4.90 Å². The van der Waals surface area contributed by atoms with Crippen LogP contribution in [0.15, 0.2) is 54.6 Å². The second-order valence-corrected chi connectivity index (χ2v) is 7.37. The van der Waals surface area contributed by atoms with E-state index in [1.807, 2.05) is 0 Å². The molecule has 2 aromatic carbocycles. The largest absolute Gasteiger partial charge is 0.351 e. The average molecular weight is 354 g/mol. The normalized spacial score (nSPS) is 19.9. The van der Waals surface area contributed by atoms with Crippen LogP contribution in [0.2, 0.25) is 0 Å². The second-order valence-electron chi connectivity index (χ2n) is 7.37. The summed E-state index contributed by atoms with van der Waals surface area (Å²) in [7, 11) is 0. The number of hydrogen-bond donors (Lipinski definition) is 3. The number of aryl methyl sites for hydroxylation is 1. The highest BCUT2D eigenvalue weighted by Crippen LogP contribution is 2.06. The number of carbonyl (C=O) groups excluding carboxylic acids is 1. The van der Waals surface area contributed by atoms with Crippen molar-refractivity contribution in [2.24, 2.45) is 0 Å². The van der Waals surface area contributed by atoms with Gasteiger partial charge in [-0.05, 0) is 24.5 Å². The highest BCUT2D eigenvalue weighted by atomic mass is 16.2. The molecule has 26 heavy (non-hydrogen) atoms. The maximum absolute atomic E-state index is 12.2. The Hall–Kier alpha value is -2.17. The van der Waals surface area contributed by atoms with E-state index in [0.717, 1.165) is 45.7 Å². The first-order chi connectivity index (χ1) is 12.7. The number of hydrogen-bond acceptors (Lipinski definition) is 1. The fourth-order valence-corrected chi connectivity index (χ4v) is 3.71. The Morgan fingerprint density at radius 2 is 1.58 bits per heavy atom. The van der Waals surface area contributed by atoms with Crippen LogP contribution in [0.3, 0.4) is 0 Å². The average Bonchev–Trinajstić information content (AvgIpc) is 2.66. The van der Waals surface area contributed by atoms with Crippen LogP contribution in [0.5, 0.6) is 0 Å². The van der Waals surface area contributed by atoms with Gasteiger partial charge in [-0.3, -0.25) is 4.79 Å². The standard InChI is InChI=1S/C22H29N3O/c1-19-7-5-6-10-21(19)11-12-23-22(26)18-25-15-13-24(14-16-25)17-20-8-3-2-4-9-20/h2-10H,11-18H2,1H3,(H,23,26)/p+2. The zero-order chi connectivity index (χ0) is 18.2. The highest BCUT2D eigenvalue weighted by molar-refractivity contribution is 5.76. The molecule has 4 heteroatoms. The number of rotatable bonds is 7. The van der Waals surface area contributed by atoms with E-state index < -0.39 is 0 Å². The van der Waals surface area contributed by atoms with Gasteiger partial charge in [0.25, 0.3) is 5.91 Å². The van der Waals surface area contributed by atoms with Gasteiger partial charge in [-0.25, -0.2) is 0 Å². The fraction of sp³-hybridized carbons (Fsp3) is 0.409. The maximum atomic E-state index is 12.2. The Bertz CT molecular complexity index is 694. The molecule has 1 amide bonds. The van der Waals surface area contributed by atoms with Gasteiger partial charge in [-0.1, -0.05) is 54.6 Å². The van der Waals surface area contributed by atoms with E-state index in [9.17, 15) is 4.79 Å². The first kappa shape index (κ1) is 18.6. The van der Waals surface area contributed by atoms with E-state index in [1.165, 1.54) is 21.6 Å². The number of quaternary nitrogens is 2. The molecule has 1 aliphatic heterocycles. The Kier molecular flexibility index (Phi) is 6.81. The van der Waals surface area contributed by atoms with Crippen molar-refractivity contribution in [3.63, 3.8) is 0 Å². The molecule has 1 aliphatic rings. The van der Waals surface area contributed by atoms with Crippen molar-refractivity contribution in [2.75, 3.05) is 39.3 Å². The van der Waals surface area contributed by atoms with Gasteiger partial charge >= 0.3 is 0 Å². The monoisotopic (exact) mass is 353 g/mol. The van der Waals surface area contributed by atoms with Crippen LogP contribution >= 0.6 is 0 Å². The van der Waals surface area contributed by atoms with Crippen molar-refractivity contribution < 1.29 is 14.6 Å². The Morgan fingerprint density at radius 3 is 2.31 bits per heavy atom. The van der Waals surface area contributed by atoms with Gasteiger partial charge in [0.15, 0.2) is 6.54 Å². The third-order valence-electron chi connectivity index (χ3n) is 5.35. The molecule has 0 bridgehead atoms. The van der Waals surface area contributed by atoms with Crippen LogP contribution < -0.4 is 15.1 Å². The second kappa shape index (κ2) is 9.51. The molecule has 3 rings (SSSR count). The summed E-state index contributed by atoms with van der Waals surface area (Å²) in [4.78, 5) is 15.3. The molecule has 0 spiro atoms. The zero-order valence-electron chi connectivity index (χ0n) is 15.8. The lowest BCUT2D eigenvalue weighted by Gasteiger charge is -2.29. The van der Waals surface area contributed by atoms with Gasteiger partial charge in [0, 0.05) is 12.1 Å². The minimum absolute atomic E-state index is 0.181. The number of benzene rings is 2. The predicted octanol–water partition coefficient (Wildman–Crippen LogP) is -0.363. The molecule has 1 fully saturated rings. The summed E-state index contributed by atoms with van der Waals surface area (Å²) < 4.78 is 0. The fourth-order valence-electron chi connectivity index (χ4n) is 3.71. The van der Waals surface area contributed by atoms with Gasteiger partial charge in [0.1, 0.15) is 32.7 Å². The quantitative estimate of drug-likeness (QED) is 0.625. The van der Waals surface area contributed by atoms with Crippen LogP contribution in [0.4, 0.5) is 0 Å². The molecule has 1 saturated heterocycles. The zero-order valence-corrected chi connectivity index (χ0v) is 15.8. The first-order valence-corrected chi connectivity index (χ1v) is 9.73. The minimum Gasteiger partial charge on any atom is -0.351 e. The van der Waals surface area contributed by atoms with Gasteiger partial charge in [0.05, 0.1) is 0 Å². The Balaban J connectivity index is 1.34. The van der Waals surface area contributed by atoms with Crippen LogP contribution in [0.1, 0.15) is 16.7 Å². The maximum Gasteiger partial charge on any atom is 0.275 e. The van der Waals surface area contributed by atoms with Crippen molar-refractivity contribution in [2.45, 2.75) is 19.9 Å². The van der Waals surface area contributed by atoms with Gasteiger partial charge in [-0.15, -0.1) is 0 Å². The molecule has 0 aliphatic carbocycles. The van der Waals surface area contributed by atoms with E-state index in [0.29, 0.717) is 6.54 Å². The Morgan fingerprint density at radius 1 is 0.923 bits per heavy atom. The summed E-state index contributed by atoms with van der Waals surface area (Å²) in [5.41, 5.74) is 4.02. The summed E-state index contributed by atoms with van der Waals surface area (Å²) in [5.74, 6) is 0.181. The SMILES string of the molecule is Cc1ccccc1CCNC(=O)C[NH+]1CC[NH+](Cc2ccccc2)CC1. The van der Waals surface area contributed by atoms with Crippen molar-refractivity contribution in [1.82, 2.24) is 5.32 Å². The molecule has 1 heterocycles. The van der Waals surface area contributed by atoms with E-state index >= 15 is 0 Å². The number of carbonyl (C=O) groups is 1. The lowest BCUT2D eigenvalue weighted by atomic mass is 10.1. The van der Waals surface area contributed by atoms with Crippen LogP contribution in [-0.4, -0.2) is 45.2 Å². The topological polar surface area (TPSA) is 38.0 Å². The first-order valence-electron chi connectivity index (χ1n) is 9.73. The molecule has 2 aromatic rings. The molecule has 0 saturated carbocycles. The van der Waals surface area contributed by atoms with E-state index in [4.69, 9.17) is 0 Å². The van der Waals surface area contributed by atoms with Gasteiger partial charge in [-0.2, -0.15) is 0 Å². The smallest absolute Gasteiger partial charge is 0.275 e. The van der Waals surface area contributed by atoms with E-state index in [2.05, 4.69) is 66.8 Å². The summed E-state index contributed by atoms with van der Waals surface area (Å²) in [5, 5.41) is 3.09. The Labute approximate surface area is 156 Å². The van der Waals surface area contributed by atoms with E-state index in [-0.39, 0.29) is 5.91 Å². The van der Waals surface area contributed by atoms with Crippen LogP contribution in [0.25, 0.3) is 0 Å². The molecule has 138 valence electrons. The third-order valence-corrected chi connectivity index (χ3v) is 5.35. The predicted molar refractivity (Wildman–Crippen MR) is 104 cm³/mol. The summed E-state index contributed by atoms with van der Waals surface area (Å²) >= 11 is 0. The molecule has 3 N–H and O–H groups in total. The summed E-state index contributed by atoms with van der Waals surface area (Å²) in [6.45, 7) is 8.98. The minimum atomic E-state index is 0.181. The lowest BCUT2D eigenvalue weighted by Crippen LogP contribution is -3.28. The molecule has 4 nitrogen and oxygen atoms in total. The molecule has 0 atom stereocenters. The molecular formula is C22H31N3O+2. The molecule has 0 unspecified atom stereocenters. The van der Waals surface area contributed by atoms with Crippen molar-refractivity contribution >= 4 is 5.91 Å². The lowest BCUT2D eigenvalue weighted by molar-refractivity contribution is -1.02. The molecule has 0 radical (unpaired) electrons. The molecular weight excluding hydrogens is 322 g/mol. The number of piperazine rings is 1. The highest BCUT2D eigenvalue weighted by Gasteiger charge is 2.24. The van der Waals surface area contributed by atoms with Crippen molar-refractivity contribution in [3.8, 4) is 0 Å². The number of amides is 1. The summed E-state index contributed by atoms with van der Waals surface area (Å²) in [6.07, 6.45) is 0.906. The van der Waals surface area contributed by atoms with Crippen LogP contribution in [-0.2, 0) is 17.8 Å². The van der Waals surface area contributed by atoms with Crippen molar-refractivity contribution in [1.29, 1.82) is 0 Å².